The molecule has 4 rings (SSSR count). The molecule has 0 saturated heterocycles. The van der Waals surface area contributed by atoms with Crippen molar-refractivity contribution in [1.29, 1.82) is 5.26 Å². The third-order valence-corrected chi connectivity index (χ3v) is 4.40. The Labute approximate surface area is 151 Å². The fourth-order valence-corrected chi connectivity index (χ4v) is 3.04. The van der Waals surface area contributed by atoms with Crippen LogP contribution in [0.15, 0.2) is 77.2 Å². The fraction of sp³-hybridized carbons (Fsp3) is 0.0909. The van der Waals surface area contributed by atoms with Crippen LogP contribution in [0.1, 0.15) is 24.2 Å². The van der Waals surface area contributed by atoms with E-state index in [0.29, 0.717) is 11.8 Å². The van der Waals surface area contributed by atoms with E-state index in [1.807, 2.05) is 79.7 Å². The minimum absolute atomic E-state index is 0.00313. The van der Waals surface area contributed by atoms with E-state index >= 15 is 0 Å². The molecule has 0 aliphatic rings. The standard InChI is InChI=1S/C22H17N3O/c1-15(16-8-3-2-4-9-16)24-22-20(14-23)25-21(26-22)19-13-7-11-17-10-5-6-12-18(17)19/h2-13,15,24H,1H3/t15-/m1/s1. The summed E-state index contributed by atoms with van der Waals surface area (Å²) in [7, 11) is 0. The van der Waals surface area contributed by atoms with Crippen LogP contribution in [0.2, 0.25) is 0 Å². The molecular weight excluding hydrogens is 322 g/mol. The molecule has 0 aliphatic heterocycles. The van der Waals surface area contributed by atoms with Gasteiger partial charge in [0.2, 0.25) is 17.5 Å². The molecule has 0 radical (unpaired) electrons. The predicted octanol–water partition coefficient (Wildman–Crippen LogP) is 5.54. The van der Waals surface area contributed by atoms with Crippen LogP contribution < -0.4 is 5.32 Å². The number of benzene rings is 3. The summed E-state index contributed by atoms with van der Waals surface area (Å²) in [5.74, 6) is 0.841. The third kappa shape index (κ3) is 2.91. The topological polar surface area (TPSA) is 61.9 Å². The summed E-state index contributed by atoms with van der Waals surface area (Å²) in [6.07, 6.45) is 0. The average Bonchev–Trinajstić information content (AvgIpc) is 3.10. The SMILES string of the molecule is C[C@@H](Nc1oc(-c2cccc3ccccc23)nc1C#N)c1ccccc1. The number of nitriles is 1. The van der Waals surface area contributed by atoms with Crippen molar-refractivity contribution in [3.05, 3.63) is 84.1 Å². The van der Waals surface area contributed by atoms with Gasteiger partial charge < -0.3 is 9.73 Å². The molecule has 4 nitrogen and oxygen atoms in total. The van der Waals surface area contributed by atoms with E-state index in [9.17, 15) is 5.26 Å². The van der Waals surface area contributed by atoms with Crippen molar-refractivity contribution in [3.63, 3.8) is 0 Å². The largest absolute Gasteiger partial charge is 0.419 e. The Kier molecular flexibility index (Phi) is 4.12. The number of rotatable bonds is 4. The molecule has 1 aromatic heterocycles. The minimum Gasteiger partial charge on any atom is -0.419 e. The van der Waals surface area contributed by atoms with Crippen LogP contribution >= 0.6 is 0 Å². The van der Waals surface area contributed by atoms with Crippen LogP contribution in [0.5, 0.6) is 0 Å². The Balaban J connectivity index is 1.73. The van der Waals surface area contributed by atoms with Crippen molar-refractivity contribution in [2.24, 2.45) is 0 Å². The lowest BCUT2D eigenvalue weighted by Gasteiger charge is -2.13. The Morgan fingerprint density at radius 3 is 2.50 bits per heavy atom. The number of nitrogens with zero attached hydrogens (tertiary/aromatic N) is 2. The third-order valence-electron chi connectivity index (χ3n) is 4.40. The Hall–Kier alpha value is -3.58. The lowest BCUT2D eigenvalue weighted by atomic mass is 10.0. The molecule has 0 aliphatic carbocycles. The highest BCUT2D eigenvalue weighted by Gasteiger charge is 2.18. The van der Waals surface area contributed by atoms with Crippen LogP contribution in [0.25, 0.3) is 22.2 Å². The second-order valence-corrected chi connectivity index (χ2v) is 6.11. The van der Waals surface area contributed by atoms with Crippen LogP contribution in [-0.4, -0.2) is 4.98 Å². The van der Waals surface area contributed by atoms with Crippen molar-refractivity contribution >= 4 is 16.7 Å². The number of anilines is 1. The summed E-state index contributed by atoms with van der Waals surface area (Å²) < 4.78 is 5.95. The first kappa shape index (κ1) is 15.9. The van der Waals surface area contributed by atoms with E-state index < -0.39 is 0 Å². The van der Waals surface area contributed by atoms with Gasteiger partial charge in [0, 0.05) is 5.56 Å². The minimum atomic E-state index is -0.00313. The molecular formula is C22H17N3O. The average molecular weight is 339 g/mol. The molecule has 0 spiro atoms. The van der Waals surface area contributed by atoms with E-state index in [4.69, 9.17) is 4.42 Å². The summed E-state index contributed by atoms with van der Waals surface area (Å²) in [5, 5.41) is 14.9. The summed E-state index contributed by atoms with van der Waals surface area (Å²) in [6.45, 7) is 2.02. The highest BCUT2D eigenvalue weighted by atomic mass is 16.4. The summed E-state index contributed by atoms with van der Waals surface area (Å²) in [6, 6.07) is 26.2. The number of fused-ring (bicyclic) bond motifs is 1. The van der Waals surface area contributed by atoms with Crippen molar-refractivity contribution < 1.29 is 4.42 Å². The van der Waals surface area contributed by atoms with E-state index in [1.165, 1.54) is 0 Å². The molecule has 4 heteroatoms. The van der Waals surface area contributed by atoms with Crippen molar-refractivity contribution in [2.45, 2.75) is 13.0 Å². The first-order valence-electron chi connectivity index (χ1n) is 8.47. The number of nitrogens with one attached hydrogen (secondary N) is 1. The van der Waals surface area contributed by atoms with Gasteiger partial charge in [0.1, 0.15) is 6.07 Å². The fourth-order valence-electron chi connectivity index (χ4n) is 3.04. The van der Waals surface area contributed by atoms with Gasteiger partial charge in [-0.15, -0.1) is 0 Å². The molecule has 126 valence electrons. The Bertz CT molecular complexity index is 1090. The Morgan fingerprint density at radius 2 is 1.69 bits per heavy atom. The summed E-state index contributed by atoms with van der Waals surface area (Å²) >= 11 is 0. The van der Waals surface area contributed by atoms with E-state index in [0.717, 1.165) is 21.9 Å². The van der Waals surface area contributed by atoms with Gasteiger partial charge in [0.25, 0.3) is 0 Å². The van der Waals surface area contributed by atoms with Crippen LogP contribution in [0.3, 0.4) is 0 Å². The smallest absolute Gasteiger partial charge is 0.233 e. The van der Waals surface area contributed by atoms with E-state index in [2.05, 4.69) is 16.4 Å². The van der Waals surface area contributed by atoms with Gasteiger partial charge in [-0.25, -0.2) is 0 Å². The van der Waals surface area contributed by atoms with Crippen LogP contribution in [-0.2, 0) is 0 Å². The lowest BCUT2D eigenvalue weighted by Crippen LogP contribution is -2.06. The first-order chi connectivity index (χ1) is 12.8. The maximum atomic E-state index is 9.46. The number of oxazole rings is 1. The molecule has 1 N–H and O–H groups in total. The molecule has 0 fully saturated rings. The summed E-state index contributed by atoms with van der Waals surface area (Å²) in [5.41, 5.74) is 2.25. The highest BCUT2D eigenvalue weighted by molar-refractivity contribution is 5.94. The second-order valence-electron chi connectivity index (χ2n) is 6.11. The number of hydrogen-bond donors (Lipinski definition) is 1. The lowest BCUT2D eigenvalue weighted by molar-refractivity contribution is 0.578. The number of aromatic nitrogens is 1. The van der Waals surface area contributed by atoms with Crippen molar-refractivity contribution in [3.8, 4) is 17.5 Å². The maximum absolute atomic E-state index is 9.46. The molecule has 0 saturated carbocycles. The maximum Gasteiger partial charge on any atom is 0.233 e. The zero-order valence-corrected chi connectivity index (χ0v) is 14.3. The van der Waals surface area contributed by atoms with Crippen LogP contribution in [0.4, 0.5) is 5.88 Å². The molecule has 3 aromatic carbocycles. The normalized spacial score (nSPS) is 11.8. The quantitative estimate of drug-likeness (QED) is 0.530. The first-order valence-corrected chi connectivity index (χ1v) is 8.47. The monoisotopic (exact) mass is 339 g/mol. The second kappa shape index (κ2) is 6.73. The molecule has 26 heavy (non-hydrogen) atoms. The van der Waals surface area contributed by atoms with E-state index in [-0.39, 0.29) is 11.7 Å². The molecule has 0 unspecified atom stereocenters. The molecule has 0 amide bonds. The van der Waals surface area contributed by atoms with Gasteiger partial charge in [-0.05, 0) is 29.3 Å². The van der Waals surface area contributed by atoms with Crippen molar-refractivity contribution in [2.75, 3.05) is 5.32 Å². The summed E-state index contributed by atoms with van der Waals surface area (Å²) in [4.78, 5) is 4.41. The molecule has 1 atom stereocenters. The highest BCUT2D eigenvalue weighted by Crippen LogP contribution is 2.32. The van der Waals surface area contributed by atoms with E-state index in [1.54, 1.807) is 0 Å². The van der Waals surface area contributed by atoms with Gasteiger partial charge in [0.15, 0.2) is 0 Å². The zero-order chi connectivity index (χ0) is 17.9. The molecule has 0 bridgehead atoms. The van der Waals surface area contributed by atoms with Crippen molar-refractivity contribution in [1.82, 2.24) is 4.98 Å². The van der Waals surface area contributed by atoms with Gasteiger partial charge in [-0.2, -0.15) is 10.2 Å². The van der Waals surface area contributed by atoms with Crippen LogP contribution in [0, 0.1) is 11.3 Å². The molecule has 1 heterocycles. The Morgan fingerprint density at radius 1 is 0.962 bits per heavy atom. The van der Waals surface area contributed by atoms with Gasteiger partial charge in [-0.1, -0.05) is 66.7 Å². The van der Waals surface area contributed by atoms with Gasteiger partial charge >= 0.3 is 0 Å². The van der Waals surface area contributed by atoms with Gasteiger partial charge in [0.05, 0.1) is 6.04 Å². The molecule has 4 aromatic rings. The zero-order valence-electron chi connectivity index (χ0n) is 14.3. The predicted molar refractivity (Wildman–Crippen MR) is 103 cm³/mol. The number of hydrogen-bond acceptors (Lipinski definition) is 4. The van der Waals surface area contributed by atoms with Gasteiger partial charge in [-0.3, -0.25) is 0 Å².